The van der Waals surface area contributed by atoms with Gasteiger partial charge in [0.15, 0.2) is 5.69 Å². The van der Waals surface area contributed by atoms with Crippen molar-refractivity contribution in [3.63, 3.8) is 0 Å². The van der Waals surface area contributed by atoms with Crippen molar-refractivity contribution in [2.75, 3.05) is 0 Å². The van der Waals surface area contributed by atoms with E-state index in [2.05, 4.69) is 10.2 Å². The van der Waals surface area contributed by atoms with E-state index < -0.39 is 19.9 Å². The van der Waals surface area contributed by atoms with Crippen LogP contribution in [0.5, 0.6) is 5.75 Å². The van der Waals surface area contributed by atoms with Gasteiger partial charge in [-0.05, 0) is 29.5 Å². The fourth-order valence-corrected chi connectivity index (χ4v) is 3.58. The fraction of sp³-hybridized carbons (Fsp3) is 0.111. The smallest absolute Gasteiger partial charge is 0.297 e. The summed E-state index contributed by atoms with van der Waals surface area (Å²) in [6, 6.07) is 11.4. The van der Waals surface area contributed by atoms with Gasteiger partial charge in [0.05, 0.1) is 4.92 Å². The number of phenols is 1. The zero-order valence-electron chi connectivity index (χ0n) is 14.6. The number of nitrogens with zero attached hydrogens (tertiary/aromatic N) is 3. The summed E-state index contributed by atoms with van der Waals surface area (Å²) in [7, 11) is -4.61. The second-order valence-electron chi connectivity index (χ2n) is 5.86. The number of rotatable bonds is 5. The van der Waals surface area contributed by atoms with Crippen molar-refractivity contribution in [3.05, 3.63) is 64.2 Å². The normalized spacial score (nSPS) is 11.9. The Kier molecular flexibility index (Phi) is 5.08. The van der Waals surface area contributed by atoms with E-state index in [1.165, 1.54) is 36.4 Å². The molecule has 2 N–H and O–H groups in total. The number of fused-ring (bicyclic) bond motifs is 1. The fourth-order valence-electron chi connectivity index (χ4n) is 2.86. The van der Waals surface area contributed by atoms with Crippen LogP contribution in [-0.2, 0) is 16.5 Å². The van der Waals surface area contributed by atoms with Gasteiger partial charge in [-0.15, -0.1) is 10.2 Å². The van der Waals surface area contributed by atoms with Gasteiger partial charge < -0.3 is 5.11 Å². The number of azo groups is 1. The van der Waals surface area contributed by atoms with Gasteiger partial charge in [-0.25, -0.2) is 0 Å². The van der Waals surface area contributed by atoms with Crippen LogP contribution in [0.15, 0.2) is 63.7 Å². The summed E-state index contributed by atoms with van der Waals surface area (Å²) >= 11 is 0. The molecule has 0 radical (unpaired) electrons. The maximum atomic E-state index is 11.7. The maximum absolute atomic E-state index is 11.7. The number of aromatic hydroxyl groups is 1. The number of aryl methyl sites for hydroxylation is 1. The molecule has 0 fully saturated rings. The summed E-state index contributed by atoms with van der Waals surface area (Å²) in [5, 5.41) is 29.8. The van der Waals surface area contributed by atoms with Crippen molar-refractivity contribution >= 4 is 38.0 Å². The molecule has 0 saturated heterocycles. The highest BCUT2D eigenvalue weighted by atomic mass is 32.2. The van der Waals surface area contributed by atoms with Crippen molar-refractivity contribution in [2.24, 2.45) is 10.2 Å². The van der Waals surface area contributed by atoms with Gasteiger partial charge in [0.1, 0.15) is 16.3 Å². The zero-order chi connectivity index (χ0) is 20.5. The van der Waals surface area contributed by atoms with E-state index in [0.717, 1.165) is 0 Å². The Hall–Kier alpha value is -3.37. The minimum Gasteiger partial charge on any atom is -0.506 e. The van der Waals surface area contributed by atoms with E-state index in [0.29, 0.717) is 17.4 Å². The van der Waals surface area contributed by atoms with Crippen LogP contribution in [0.25, 0.3) is 10.8 Å². The highest BCUT2D eigenvalue weighted by molar-refractivity contribution is 7.86. The molecule has 0 heterocycles. The molecule has 3 rings (SSSR count). The van der Waals surface area contributed by atoms with Crippen molar-refractivity contribution in [1.82, 2.24) is 0 Å². The Morgan fingerprint density at radius 1 is 1.04 bits per heavy atom. The summed E-state index contributed by atoms with van der Waals surface area (Å²) in [6.07, 6.45) is 0.452. The van der Waals surface area contributed by atoms with Gasteiger partial charge in [0.2, 0.25) is 0 Å². The summed E-state index contributed by atoms with van der Waals surface area (Å²) in [6.45, 7) is 1.80. The van der Waals surface area contributed by atoms with E-state index in [-0.39, 0.29) is 28.2 Å². The number of nitro groups is 1. The van der Waals surface area contributed by atoms with Crippen molar-refractivity contribution in [2.45, 2.75) is 18.2 Å². The molecule has 10 heteroatoms. The van der Waals surface area contributed by atoms with Crippen molar-refractivity contribution in [3.8, 4) is 5.75 Å². The number of phenolic OH excluding ortho intramolecular Hbond substituents is 1. The largest absolute Gasteiger partial charge is 0.506 e. The molecule has 28 heavy (non-hydrogen) atoms. The molecule has 0 aliphatic carbocycles. The van der Waals surface area contributed by atoms with Crippen LogP contribution >= 0.6 is 0 Å². The lowest BCUT2D eigenvalue weighted by molar-refractivity contribution is -0.384. The average molecular weight is 401 g/mol. The summed E-state index contributed by atoms with van der Waals surface area (Å²) in [5.41, 5.74) is 0.0900. The molecule has 0 atom stereocenters. The van der Waals surface area contributed by atoms with Gasteiger partial charge in [0, 0.05) is 11.5 Å². The van der Waals surface area contributed by atoms with Crippen LogP contribution in [0, 0.1) is 10.1 Å². The van der Waals surface area contributed by atoms with E-state index >= 15 is 0 Å². The number of nitro benzene ring substituents is 1. The Morgan fingerprint density at radius 3 is 2.36 bits per heavy atom. The Bertz CT molecular complexity index is 1220. The minimum absolute atomic E-state index is 0.00994. The number of hydrogen-bond acceptors (Lipinski definition) is 7. The van der Waals surface area contributed by atoms with Gasteiger partial charge in [-0.3, -0.25) is 14.7 Å². The molecule has 0 aliphatic rings. The highest BCUT2D eigenvalue weighted by Crippen LogP contribution is 2.41. The summed E-state index contributed by atoms with van der Waals surface area (Å²) in [4.78, 5) is 10.3. The SMILES string of the molecule is CCc1cccc([N+](=O)[O-])c1N=Nc1c(O)ccc2cccc(S(=O)(=O)O)c12. The molecule has 0 aromatic heterocycles. The first-order valence-corrected chi connectivity index (χ1v) is 9.58. The second kappa shape index (κ2) is 7.33. The van der Waals surface area contributed by atoms with Crippen LogP contribution in [-0.4, -0.2) is 23.0 Å². The van der Waals surface area contributed by atoms with E-state index in [9.17, 15) is 28.2 Å². The first kappa shape index (κ1) is 19.4. The van der Waals surface area contributed by atoms with Gasteiger partial charge >= 0.3 is 0 Å². The molecule has 0 spiro atoms. The monoisotopic (exact) mass is 401 g/mol. The molecule has 3 aromatic carbocycles. The highest BCUT2D eigenvalue weighted by Gasteiger charge is 2.20. The lowest BCUT2D eigenvalue weighted by atomic mass is 10.1. The minimum atomic E-state index is -4.61. The number of benzene rings is 3. The zero-order valence-corrected chi connectivity index (χ0v) is 15.4. The predicted molar refractivity (Wildman–Crippen MR) is 102 cm³/mol. The predicted octanol–water partition coefficient (Wildman–Crippen LogP) is 4.68. The van der Waals surface area contributed by atoms with Crippen LogP contribution in [0.1, 0.15) is 12.5 Å². The maximum Gasteiger partial charge on any atom is 0.297 e. The molecular weight excluding hydrogens is 386 g/mol. The Balaban J connectivity index is 2.30. The number of hydrogen-bond donors (Lipinski definition) is 2. The molecular formula is C18H15N3O6S. The van der Waals surface area contributed by atoms with Crippen LogP contribution in [0.3, 0.4) is 0 Å². The van der Waals surface area contributed by atoms with E-state index in [1.807, 2.05) is 0 Å². The molecule has 3 aromatic rings. The van der Waals surface area contributed by atoms with Gasteiger partial charge in [-0.2, -0.15) is 8.42 Å². The van der Waals surface area contributed by atoms with Crippen molar-refractivity contribution < 1.29 is 23.0 Å². The van der Waals surface area contributed by atoms with Gasteiger partial charge in [0.25, 0.3) is 15.8 Å². The topological polar surface area (TPSA) is 142 Å². The lowest BCUT2D eigenvalue weighted by Crippen LogP contribution is -1.99. The Labute approximate surface area is 159 Å². The molecule has 0 amide bonds. The van der Waals surface area contributed by atoms with Crippen molar-refractivity contribution in [1.29, 1.82) is 0 Å². The van der Waals surface area contributed by atoms with Crippen LogP contribution < -0.4 is 0 Å². The standard InChI is InChI=1S/C18H15N3O6S/c1-2-11-5-3-7-13(21(23)24)17(11)19-20-18-14(22)10-9-12-6-4-8-15(16(12)18)28(25,26)27/h3-10,22H,2H2,1H3,(H,25,26,27). The van der Waals surface area contributed by atoms with Gasteiger partial charge in [-0.1, -0.05) is 37.3 Å². The molecule has 0 aliphatic heterocycles. The lowest BCUT2D eigenvalue weighted by Gasteiger charge is -2.08. The summed E-state index contributed by atoms with van der Waals surface area (Å²) in [5.74, 6) is -0.385. The first-order valence-electron chi connectivity index (χ1n) is 8.14. The van der Waals surface area contributed by atoms with E-state index in [4.69, 9.17) is 0 Å². The third-order valence-electron chi connectivity index (χ3n) is 4.16. The van der Waals surface area contributed by atoms with Crippen LogP contribution in [0.2, 0.25) is 0 Å². The molecule has 0 bridgehead atoms. The first-order chi connectivity index (χ1) is 13.2. The van der Waals surface area contributed by atoms with E-state index in [1.54, 1.807) is 19.1 Å². The summed E-state index contributed by atoms with van der Waals surface area (Å²) < 4.78 is 33.0. The van der Waals surface area contributed by atoms with Crippen LogP contribution in [0.4, 0.5) is 17.1 Å². The second-order valence-corrected chi connectivity index (χ2v) is 7.25. The quantitative estimate of drug-likeness (QED) is 0.275. The third kappa shape index (κ3) is 3.55. The molecule has 0 saturated carbocycles. The molecule has 0 unspecified atom stereocenters. The third-order valence-corrected chi connectivity index (χ3v) is 5.06. The average Bonchev–Trinajstić information content (AvgIpc) is 2.65. The molecule has 9 nitrogen and oxygen atoms in total. The molecule has 144 valence electrons. The Morgan fingerprint density at radius 2 is 1.71 bits per heavy atom.